The van der Waals surface area contributed by atoms with Crippen LogP contribution in [0.4, 0.5) is 0 Å². The van der Waals surface area contributed by atoms with Crippen LogP contribution in [0.3, 0.4) is 0 Å². The zero-order valence-electron chi connectivity index (χ0n) is 10.6. The Labute approximate surface area is 128 Å². The Morgan fingerprint density at radius 2 is 2.05 bits per heavy atom. The minimum absolute atomic E-state index is 0.0245. The van der Waals surface area contributed by atoms with Gasteiger partial charge in [-0.1, -0.05) is 23.2 Å². The van der Waals surface area contributed by atoms with Crippen molar-refractivity contribution in [2.75, 3.05) is 13.2 Å². The number of nitrogens with two attached hydrogens (primary N) is 1. The summed E-state index contributed by atoms with van der Waals surface area (Å²) < 4.78 is 33.7. The standard InChI is InChI=1S/C12H15Cl2NO4S/c13-11-9(19-7-8-3-1-2-6-18-8)4-5-10(12(11)14)20(15,16)17/h4-5,8H,1-3,6-7H2,(H2,15,16,17). The maximum Gasteiger partial charge on any atom is 0.239 e. The van der Waals surface area contributed by atoms with E-state index in [1.54, 1.807) is 0 Å². The van der Waals surface area contributed by atoms with Crippen LogP contribution in [0.2, 0.25) is 10.0 Å². The number of rotatable bonds is 4. The number of hydrogen-bond acceptors (Lipinski definition) is 4. The van der Waals surface area contributed by atoms with Crippen LogP contribution in [-0.4, -0.2) is 27.7 Å². The highest BCUT2D eigenvalue weighted by atomic mass is 35.5. The predicted molar refractivity (Wildman–Crippen MR) is 76.9 cm³/mol. The van der Waals surface area contributed by atoms with Crippen LogP contribution < -0.4 is 9.88 Å². The minimum Gasteiger partial charge on any atom is -0.489 e. The molecule has 8 heteroatoms. The maximum atomic E-state index is 11.3. The van der Waals surface area contributed by atoms with Gasteiger partial charge in [0.2, 0.25) is 10.0 Å². The summed E-state index contributed by atoms with van der Waals surface area (Å²) in [7, 11) is -3.90. The van der Waals surface area contributed by atoms with Crippen molar-refractivity contribution in [3.05, 3.63) is 22.2 Å². The van der Waals surface area contributed by atoms with Crippen LogP contribution in [0, 0.1) is 0 Å². The molecule has 1 fully saturated rings. The van der Waals surface area contributed by atoms with Crippen LogP contribution in [0.15, 0.2) is 17.0 Å². The maximum absolute atomic E-state index is 11.3. The molecule has 1 unspecified atom stereocenters. The van der Waals surface area contributed by atoms with Crippen molar-refractivity contribution in [3.63, 3.8) is 0 Å². The summed E-state index contributed by atoms with van der Waals surface area (Å²) in [6, 6.07) is 2.72. The summed E-state index contributed by atoms with van der Waals surface area (Å²) in [4.78, 5) is -0.217. The third kappa shape index (κ3) is 3.77. The molecule has 1 atom stereocenters. The molecule has 0 spiro atoms. The van der Waals surface area contributed by atoms with Gasteiger partial charge in [0.25, 0.3) is 0 Å². The fraction of sp³-hybridized carbons (Fsp3) is 0.500. The Balaban J connectivity index is 2.11. The first-order chi connectivity index (χ1) is 9.39. The molecular weight excluding hydrogens is 325 g/mol. The average molecular weight is 340 g/mol. The van der Waals surface area contributed by atoms with E-state index in [-0.39, 0.29) is 21.0 Å². The Kier molecular flexibility index (Phi) is 5.14. The number of benzene rings is 1. The second-order valence-corrected chi connectivity index (χ2v) is 6.82. The van der Waals surface area contributed by atoms with Crippen molar-refractivity contribution in [2.24, 2.45) is 5.14 Å². The van der Waals surface area contributed by atoms with Gasteiger partial charge in [-0.3, -0.25) is 0 Å². The van der Waals surface area contributed by atoms with E-state index < -0.39 is 10.0 Å². The van der Waals surface area contributed by atoms with Crippen molar-refractivity contribution < 1.29 is 17.9 Å². The van der Waals surface area contributed by atoms with E-state index in [0.29, 0.717) is 12.4 Å². The Morgan fingerprint density at radius 3 is 2.65 bits per heavy atom. The molecule has 0 aliphatic carbocycles. The van der Waals surface area contributed by atoms with Crippen molar-refractivity contribution in [1.29, 1.82) is 0 Å². The highest BCUT2D eigenvalue weighted by Gasteiger charge is 2.20. The second kappa shape index (κ2) is 6.49. The summed E-state index contributed by atoms with van der Waals surface area (Å²) in [6.45, 7) is 1.08. The third-order valence-corrected chi connectivity index (χ3v) is 4.95. The lowest BCUT2D eigenvalue weighted by atomic mass is 10.1. The lowest BCUT2D eigenvalue weighted by molar-refractivity contribution is -0.0110. The highest BCUT2D eigenvalue weighted by Crippen LogP contribution is 2.36. The first kappa shape index (κ1) is 15.9. The van der Waals surface area contributed by atoms with Gasteiger partial charge in [0, 0.05) is 6.61 Å². The van der Waals surface area contributed by atoms with Gasteiger partial charge in [-0.05, 0) is 31.4 Å². The van der Waals surface area contributed by atoms with Gasteiger partial charge in [0.1, 0.15) is 22.3 Å². The number of primary sulfonamides is 1. The zero-order chi connectivity index (χ0) is 14.8. The Hall–Kier alpha value is -0.530. The molecule has 1 aliphatic rings. The van der Waals surface area contributed by atoms with Gasteiger partial charge in [-0.2, -0.15) is 0 Å². The first-order valence-corrected chi connectivity index (χ1v) is 8.45. The van der Waals surface area contributed by atoms with Gasteiger partial charge in [0.05, 0.1) is 11.1 Å². The van der Waals surface area contributed by atoms with E-state index in [4.69, 9.17) is 37.8 Å². The number of ether oxygens (including phenoxy) is 2. The van der Waals surface area contributed by atoms with Gasteiger partial charge >= 0.3 is 0 Å². The quantitative estimate of drug-likeness (QED) is 0.914. The molecule has 1 aromatic carbocycles. The Morgan fingerprint density at radius 1 is 1.30 bits per heavy atom. The molecule has 20 heavy (non-hydrogen) atoms. The summed E-state index contributed by atoms with van der Waals surface area (Å²) >= 11 is 11.9. The lowest BCUT2D eigenvalue weighted by Crippen LogP contribution is -2.25. The van der Waals surface area contributed by atoms with Gasteiger partial charge in [-0.15, -0.1) is 0 Å². The van der Waals surface area contributed by atoms with E-state index in [9.17, 15) is 8.42 Å². The fourth-order valence-electron chi connectivity index (χ4n) is 1.97. The molecule has 1 saturated heterocycles. The van der Waals surface area contributed by atoms with Crippen molar-refractivity contribution >= 4 is 33.2 Å². The van der Waals surface area contributed by atoms with Gasteiger partial charge in [0.15, 0.2) is 0 Å². The number of halogens is 2. The molecule has 0 amide bonds. The molecule has 2 N–H and O–H groups in total. The molecule has 0 saturated carbocycles. The van der Waals surface area contributed by atoms with Crippen molar-refractivity contribution in [3.8, 4) is 5.75 Å². The summed E-state index contributed by atoms with van der Waals surface area (Å²) in [6.07, 6.45) is 3.12. The smallest absolute Gasteiger partial charge is 0.239 e. The van der Waals surface area contributed by atoms with Gasteiger partial charge in [-0.25, -0.2) is 13.6 Å². The van der Waals surface area contributed by atoms with E-state index in [1.807, 2.05) is 0 Å². The number of sulfonamides is 1. The largest absolute Gasteiger partial charge is 0.489 e. The average Bonchev–Trinajstić information content (AvgIpc) is 2.40. The van der Waals surface area contributed by atoms with Crippen LogP contribution in [0.25, 0.3) is 0 Å². The topological polar surface area (TPSA) is 78.6 Å². The predicted octanol–water partition coefficient (Wildman–Crippen LogP) is 2.59. The summed E-state index contributed by atoms with van der Waals surface area (Å²) in [5.41, 5.74) is 0. The van der Waals surface area contributed by atoms with E-state index in [2.05, 4.69) is 0 Å². The first-order valence-electron chi connectivity index (χ1n) is 6.15. The monoisotopic (exact) mass is 339 g/mol. The van der Waals surface area contributed by atoms with E-state index >= 15 is 0 Å². The van der Waals surface area contributed by atoms with Crippen molar-refractivity contribution in [2.45, 2.75) is 30.3 Å². The molecule has 0 aromatic heterocycles. The molecule has 0 radical (unpaired) electrons. The summed E-state index contributed by atoms with van der Waals surface area (Å²) in [5, 5.41) is 4.94. The molecular formula is C12H15Cl2NO4S. The highest BCUT2D eigenvalue weighted by molar-refractivity contribution is 7.89. The second-order valence-electron chi connectivity index (χ2n) is 4.53. The van der Waals surface area contributed by atoms with E-state index in [1.165, 1.54) is 12.1 Å². The third-order valence-electron chi connectivity index (χ3n) is 3.02. The van der Waals surface area contributed by atoms with E-state index in [0.717, 1.165) is 25.9 Å². The molecule has 5 nitrogen and oxygen atoms in total. The lowest BCUT2D eigenvalue weighted by Gasteiger charge is -2.23. The van der Waals surface area contributed by atoms with Crippen LogP contribution in [0.1, 0.15) is 19.3 Å². The van der Waals surface area contributed by atoms with Crippen LogP contribution >= 0.6 is 23.2 Å². The van der Waals surface area contributed by atoms with Crippen LogP contribution in [0.5, 0.6) is 5.75 Å². The summed E-state index contributed by atoms with van der Waals surface area (Å²) in [5.74, 6) is 0.318. The molecule has 0 bridgehead atoms. The molecule has 1 aliphatic heterocycles. The molecule has 1 aromatic rings. The number of hydrogen-bond donors (Lipinski definition) is 1. The zero-order valence-corrected chi connectivity index (χ0v) is 13.0. The normalized spacial score (nSPS) is 19.9. The van der Waals surface area contributed by atoms with Gasteiger partial charge < -0.3 is 9.47 Å². The molecule has 1 heterocycles. The minimum atomic E-state index is -3.90. The SMILES string of the molecule is NS(=O)(=O)c1ccc(OCC2CCCCO2)c(Cl)c1Cl. The Bertz CT molecular complexity index is 585. The molecule has 112 valence electrons. The fourth-order valence-corrected chi connectivity index (χ4v) is 3.33. The molecule has 2 rings (SSSR count). The van der Waals surface area contributed by atoms with Crippen molar-refractivity contribution in [1.82, 2.24) is 0 Å². The van der Waals surface area contributed by atoms with Crippen LogP contribution in [-0.2, 0) is 14.8 Å².